The van der Waals surface area contributed by atoms with Crippen molar-refractivity contribution in [1.29, 1.82) is 0 Å². The molecular weight excluding hydrogens is 955 g/mol. The number of rotatable bonds is 12. The highest BCUT2D eigenvalue weighted by Crippen LogP contribution is 2.52. The van der Waals surface area contributed by atoms with E-state index in [1.807, 2.05) is 89.8 Å². The third kappa shape index (κ3) is 10.5. The van der Waals surface area contributed by atoms with Crippen LogP contribution in [-0.2, 0) is 14.3 Å². The van der Waals surface area contributed by atoms with Gasteiger partial charge in [-0.3, -0.25) is 33.4 Å². The van der Waals surface area contributed by atoms with Gasteiger partial charge in [-0.05, 0) is 124 Å². The summed E-state index contributed by atoms with van der Waals surface area (Å²) in [5.74, 6) is 4.25. The Labute approximate surface area is 431 Å². The molecule has 2 amide bonds. The normalized spacial score (nSPS) is 21.7. The molecule has 4 unspecified atom stereocenters. The number of piperidine rings is 2. The average Bonchev–Trinajstić information content (AvgIpc) is 3.72. The minimum absolute atomic E-state index is 0.0382. The zero-order valence-electron chi connectivity index (χ0n) is 41.7. The number of likely N-dealkylation sites (tertiary alicyclic amines) is 2. The maximum atomic E-state index is 13.0. The van der Waals surface area contributed by atoms with E-state index in [4.69, 9.17) is 35.9 Å². The van der Waals surface area contributed by atoms with E-state index in [9.17, 15) is 19.2 Å². The number of anilines is 2. The Morgan fingerprint density at radius 1 is 0.680 bits per heavy atom. The lowest BCUT2D eigenvalue weighted by atomic mass is 10.1. The Morgan fingerprint density at radius 2 is 1.20 bits per heavy atom. The lowest BCUT2D eigenvalue weighted by Gasteiger charge is -2.32. The van der Waals surface area contributed by atoms with Crippen molar-refractivity contribution in [3.63, 3.8) is 0 Å². The van der Waals surface area contributed by atoms with Crippen LogP contribution in [0.5, 0.6) is 17.2 Å². The highest BCUT2D eigenvalue weighted by Gasteiger charge is 2.47. The van der Waals surface area contributed by atoms with E-state index < -0.39 is 0 Å². The molecule has 20 heteroatoms. The van der Waals surface area contributed by atoms with Crippen LogP contribution in [0.15, 0.2) is 113 Å². The minimum Gasteiger partial charge on any atom is -0.490 e. The van der Waals surface area contributed by atoms with E-state index in [1.165, 1.54) is 12.5 Å². The number of carbonyl (C=O) groups is 2. The Kier molecular flexibility index (Phi) is 14.0. The number of morpholine rings is 1. The van der Waals surface area contributed by atoms with E-state index in [0.29, 0.717) is 71.2 Å². The first-order valence-corrected chi connectivity index (χ1v) is 25.9. The third-order valence-electron chi connectivity index (χ3n) is 15.1. The van der Waals surface area contributed by atoms with Crippen LogP contribution in [0.2, 0.25) is 0 Å². The Balaban J connectivity index is 0.000000163. The van der Waals surface area contributed by atoms with Gasteiger partial charge in [0.25, 0.3) is 11.1 Å². The molecule has 3 aromatic carbocycles. The number of aromatic amines is 2. The summed E-state index contributed by atoms with van der Waals surface area (Å²) in [6.45, 7) is 9.72. The molecule has 0 radical (unpaired) electrons. The lowest BCUT2D eigenvalue weighted by Crippen LogP contribution is -2.40. The number of amides is 2. The number of carbonyl (C=O) groups excluding carboxylic acids is 2. The highest BCUT2D eigenvalue weighted by molar-refractivity contribution is 6.00. The molecule has 20 nitrogen and oxygen atoms in total. The van der Waals surface area contributed by atoms with Gasteiger partial charge >= 0.3 is 0 Å². The van der Waals surface area contributed by atoms with Gasteiger partial charge in [0.05, 0.1) is 42.2 Å². The van der Waals surface area contributed by atoms with Gasteiger partial charge < -0.3 is 35.5 Å². The second-order valence-corrected chi connectivity index (χ2v) is 20.0. The quantitative estimate of drug-likeness (QED) is 0.101. The number of aromatic nitrogens is 8. The van der Waals surface area contributed by atoms with Crippen LogP contribution in [-0.4, -0.2) is 132 Å². The van der Waals surface area contributed by atoms with Crippen molar-refractivity contribution in [2.24, 2.45) is 11.8 Å². The molecule has 0 bridgehead atoms. The number of nitrogen functional groups attached to an aromatic ring is 2. The van der Waals surface area contributed by atoms with Gasteiger partial charge in [0.15, 0.2) is 11.6 Å². The fourth-order valence-electron chi connectivity index (χ4n) is 11.1. The summed E-state index contributed by atoms with van der Waals surface area (Å²) in [6.07, 6.45) is 12.1. The maximum Gasteiger partial charge on any atom is 0.290 e. The van der Waals surface area contributed by atoms with E-state index in [0.717, 1.165) is 106 Å². The van der Waals surface area contributed by atoms with E-state index in [2.05, 4.69) is 31.9 Å². The smallest absolute Gasteiger partial charge is 0.290 e. The van der Waals surface area contributed by atoms with Crippen LogP contribution in [0.3, 0.4) is 0 Å². The molecular formula is C55H61N13O7. The number of para-hydroxylation sites is 1. The highest BCUT2D eigenvalue weighted by atomic mass is 16.5. The molecule has 75 heavy (non-hydrogen) atoms. The monoisotopic (exact) mass is 1020 g/mol. The van der Waals surface area contributed by atoms with Crippen molar-refractivity contribution in [3.8, 4) is 39.8 Å². The van der Waals surface area contributed by atoms with Gasteiger partial charge in [-0.15, -0.1) is 0 Å². The number of nitrogens with zero attached hydrogens (tertiary/aromatic N) is 9. The Morgan fingerprint density at radius 3 is 1.75 bits per heavy atom. The summed E-state index contributed by atoms with van der Waals surface area (Å²) in [6, 6.07) is 24.5. The van der Waals surface area contributed by atoms with Gasteiger partial charge in [0, 0.05) is 63.0 Å². The van der Waals surface area contributed by atoms with Crippen LogP contribution in [0.1, 0.15) is 57.0 Å². The summed E-state index contributed by atoms with van der Waals surface area (Å²) in [4.78, 5) is 57.0. The number of hydrogen-bond donors (Lipinski definition) is 4. The summed E-state index contributed by atoms with van der Waals surface area (Å²) in [7, 11) is 0. The average molecular weight is 1020 g/mol. The maximum absolute atomic E-state index is 13.0. The number of fused-ring (bicyclic) bond motifs is 3. The molecule has 7 aromatic rings. The first-order valence-electron chi connectivity index (χ1n) is 25.9. The SMILES string of the molecule is C=CC(=O)N1CCCC(n2nc(-c3ccc(OC4CC5CC5C4)cc3)c3c(N)n[nH]c(=O)c32)C1.Nc1n[nH]c(=O)c2c1c(-c1ccc(Oc3ccccc3)cc1)nn2C1CCCN(C(=O)/C=C/CN2CCOCC2)C1. The molecule has 4 atom stereocenters. The molecule has 0 spiro atoms. The van der Waals surface area contributed by atoms with Crippen molar-refractivity contribution < 1.29 is 23.8 Å². The second-order valence-electron chi connectivity index (χ2n) is 20.0. The molecule has 3 saturated heterocycles. The minimum atomic E-state index is -0.370. The van der Waals surface area contributed by atoms with E-state index >= 15 is 0 Å². The van der Waals surface area contributed by atoms with Crippen LogP contribution in [0.25, 0.3) is 44.3 Å². The molecule has 3 aliphatic heterocycles. The Bertz CT molecular complexity index is 3350. The number of hydrogen-bond acceptors (Lipinski definition) is 14. The van der Waals surface area contributed by atoms with Crippen LogP contribution >= 0.6 is 0 Å². The second kappa shape index (κ2) is 21.4. The molecule has 7 heterocycles. The molecule has 5 fully saturated rings. The van der Waals surface area contributed by atoms with Gasteiger partial charge in [-0.1, -0.05) is 30.9 Å². The third-order valence-corrected chi connectivity index (χ3v) is 15.1. The zero-order chi connectivity index (χ0) is 51.6. The van der Waals surface area contributed by atoms with Crippen molar-refractivity contribution in [2.75, 3.05) is 70.5 Å². The van der Waals surface area contributed by atoms with Crippen molar-refractivity contribution in [3.05, 3.63) is 124 Å². The number of nitrogens with two attached hydrogens (primary N) is 2. The van der Waals surface area contributed by atoms with Crippen molar-refractivity contribution in [1.82, 2.24) is 54.7 Å². The van der Waals surface area contributed by atoms with Crippen LogP contribution in [0, 0.1) is 11.8 Å². The van der Waals surface area contributed by atoms with Gasteiger partial charge in [0.2, 0.25) is 11.8 Å². The van der Waals surface area contributed by atoms with E-state index in [-0.39, 0.29) is 46.7 Å². The van der Waals surface area contributed by atoms with Gasteiger partial charge in [-0.25, -0.2) is 10.2 Å². The van der Waals surface area contributed by atoms with Crippen molar-refractivity contribution >= 4 is 45.3 Å². The lowest BCUT2D eigenvalue weighted by molar-refractivity contribution is -0.128. The van der Waals surface area contributed by atoms with Crippen molar-refractivity contribution in [2.45, 2.75) is 63.1 Å². The molecule has 388 valence electrons. The van der Waals surface area contributed by atoms with Crippen LogP contribution in [0.4, 0.5) is 11.6 Å². The Hall–Kier alpha value is -8.10. The van der Waals surface area contributed by atoms with Gasteiger partial charge in [0.1, 0.15) is 39.7 Å². The molecule has 2 saturated carbocycles. The molecule has 4 aromatic heterocycles. The van der Waals surface area contributed by atoms with E-state index in [1.54, 1.807) is 20.3 Å². The topological polar surface area (TPSA) is 251 Å². The first-order chi connectivity index (χ1) is 36.6. The van der Waals surface area contributed by atoms with Gasteiger partial charge in [-0.2, -0.15) is 20.4 Å². The first kappa shape index (κ1) is 49.1. The predicted octanol–water partition coefficient (Wildman–Crippen LogP) is 6.11. The molecule has 2 aliphatic carbocycles. The standard InChI is InChI=1S/C30H33N7O4.C25H28N6O3/c31-29-26-27(21-10-12-24(13-11-21)41-23-7-2-1-3-8-23)34-37(28(26)30(39)33-32-29)22-6-4-15-36(20-22)25(38)9-5-14-35-16-18-40-19-17-35;1-2-20(32)30-9-3-4-17(13-30)31-23-21(24(26)27-28-25(23)33)22(29-31)14-5-7-18(8-6-14)34-19-11-15-10-16(15)12-19/h1-3,5,7-13,22H,4,6,14-20H2,(H2,31,32)(H,33,39);2,5-8,15-17,19H,1,3-4,9-13H2,(H2,26,27)(H,28,33)/b9-5+;. The number of ether oxygens (including phenoxy) is 3. The summed E-state index contributed by atoms with van der Waals surface area (Å²) >= 11 is 0. The number of H-pyrrole nitrogens is 2. The van der Waals surface area contributed by atoms with Crippen LogP contribution < -0.4 is 32.1 Å². The summed E-state index contributed by atoms with van der Waals surface area (Å²) in [5.41, 5.74) is 15.3. The molecule has 12 rings (SSSR count). The summed E-state index contributed by atoms with van der Waals surface area (Å²) < 4.78 is 20.9. The molecule has 5 aliphatic rings. The largest absolute Gasteiger partial charge is 0.490 e. The predicted molar refractivity (Wildman–Crippen MR) is 284 cm³/mol. The number of nitrogens with one attached hydrogen (secondary N) is 2. The summed E-state index contributed by atoms with van der Waals surface area (Å²) in [5, 5.41) is 23.8. The molecule has 6 N–H and O–H groups in total. The fraction of sp³-hybridized carbons (Fsp3) is 0.382. The zero-order valence-corrected chi connectivity index (χ0v) is 41.7. The fourth-order valence-corrected chi connectivity index (χ4v) is 11.1. The number of benzene rings is 3.